The molecule has 0 heterocycles. The number of hydrogen-bond acceptors (Lipinski definition) is 3. The summed E-state index contributed by atoms with van der Waals surface area (Å²) in [6.45, 7) is 10.5. The maximum absolute atomic E-state index is 9.77. The number of carbonyl (C=O) groups excluding carboxylic acids is 1. The van der Waals surface area contributed by atoms with E-state index >= 15 is 0 Å². The number of rotatable bonds is 6. The van der Waals surface area contributed by atoms with Gasteiger partial charge in [0.25, 0.3) is 0 Å². The fourth-order valence-electron chi connectivity index (χ4n) is 0.601. The van der Waals surface area contributed by atoms with E-state index in [1.165, 1.54) is 6.42 Å². The Balaban J connectivity index is -0.000000245. The monoisotopic (exact) mass is 219 g/mol. The second-order valence-electron chi connectivity index (χ2n) is 2.89. The third-order valence-electron chi connectivity index (χ3n) is 1.26. The van der Waals surface area contributed by atoms with Crippen LogP contribution in [0.3, 0.4) is 0 Å². The van der Waals surface area contributed by atoms with Crippen LogP contribution in [0.4, 0.5) is 0 Å². The molecule has 1 amide bonds. The minimum absolute atomic E-state index is 0.571. The van der Waals surface area contributed by atoms with E-state index in [0.717, 1.165) is 19.5 Å². The Bertz CT molecular complexity index is 99.8. The molecule has 0 spiro atoms. The smallest absolute Gasteiger partial charge is 0.207 e. The molecule has 0 aromatic rings. The first-order chi connectivity index (χ1) is 7.22. The Kier molecular flexibility index (Phi) is 30.9. The molecule has 0 bridgehead atoms. The number of nitrogens with zero attached hydrogens (tertiary/aromatic N) is 1. The van der Waals surface area contributed by atoms with Gasteiger partial charge in [0.2, 0.25) is 6.41 Å². The summed E-state index contributed by atoms with van der Waals surface area (Å²) in [6, 6.07) is 0. The molecule has 0 saturated heterocycles. The van der Waals surface area contributed by atoms with Gasteiger partial charge in [0.05, 0.1) is 0 Å². The van der Waals surface area contributed by atoms with Crippen molar-refractivity contribution in [3.63, 3.8) is 0 Å². The summed E-state index contributed by atoms with van der Waals surface area (Å²) in [5.74, 6) is 0. The SMILES string of the molecule is CC.CCC.CN(CN)CCCNC=O. The molecule has 4 nitrogen and oxygen atoms in total. The van der Waals surface area contributed by atoms with E-state index in [2.05, 4.69) is 19.2 Å². The molecule has 94 valence electrons. The summed E-state index contributed by atoms with van der Waals surface area (Å²) in [6.07, 6.45) is 2.91. The number of carbonyl (C=O) groups is 1. The zero-order chi connectivity index (χ0) is 12.5. The highest BCUT2D eigenvalue weighted by atomic mass is 16.1. The van der Waals surface area contributed by atoms with Crippen LogP contribution in [0, 0.1) is 0 Å². The van der Waals surface area contributed by atoms with Crippen LogP contribution in [0.15, 0.2) is 0 Å². The molecular formula is C11H29N3O. The standard InChI is InChI=1S/C6H15N3O.C3H8.C2H6/c1-9(5-7)4-2-3-8-6-10;1-3-2;1-2/h6H,2-5,7H2,1H3,(H,8,10);3H2,1-2H3;1-2H3. The van der Waals surface area contributed by atoms with Crippen LogP contribution < -0.4 is 11.1 Å². The Labute approximate surface area is 95.2 Å². The third kappa shape index (κ3) is 31.8. The van der Waals surface area contributed by atoms with Crippen LogP contribution >= 0.6 is 0 Å². The zero-order valence-corrected chi connectivity index (χ0v) is 11.0. The number of nitrogens with one attached hydrogen (secondary N) is 1. The van der Waals surface area contributed by atoms with E-state index in [1.807, 2.05) is 25.8 Å². The topological polar surface area (TPSA) is 58.4 Å². The molecule has 3 N–H and O–H groups in total. The van der Waals surface area contributed by atoms with E-state index in [4.69, 9.17) is 5.73 Å². The van der Waals surface area contributed by atoms with Gasteiger partial charge in [-0.05, 0) is 13.5 Å². The predicted octanol–water partition coefficient (Wildman–Crippen LogP) is 1.41. The van der Waals surface area contributed by atoms with E-state index in [1.54, 1.807) is 0 Å². The van der Waals surface area contributed by atoms with Gasteiger partial charge < -0.3 is 11.1 Å². The van der Waals surface area contributed by atoms with Crippen molar-refractivity contribution in [2.45, 2.75) is 40.5 Å². The van der Waals surface area contributed by atoms with Crippen LogP contribution in [0.5, 0.6) is 0 Å². The molecule has 0 fully saturated rings. The quantitative estimate of drug-likeness (QED) is 0.403. The molecule has 0 aromatic heterocycles. The number of amides is 1. The van der Waals surface area contributed by atoms with E-state index < -0.39 is 0 Å². The molecule has 15 heavy (non-hydrogen) atoms. The Morgan fingerprint density at radius 2 is 1.80 bits per heavy atom. The highest BCUT2D eigenvalue weighted by molar-refractivity contribution is 5.45. The summed E-state index contributed by atoms with van der Waals surface area (Å²) in [5, 5.41) is 2.58. The molecular weight excluding hydrogens is 190 g/mol. The lowest BCUT2D eigenvalue weighted by Crippen LogP contribution is -2.28. The summed E-state index contributed by atoms with van der Waals surface area (Å²) in [7, 11) is 1.95. The van der Waals surface area contributed by atoms with E-state index in [0.29, 0.717) is 13.1 Å². The minimum Gasteiger partial charge on any atom is -0.359 e. The van der Waals surface area contributed by atoms with Gasteiger partial charge in [-0.2, -0.15) is 0 Å². The van der Waals surface area contributed by atoms with Crippen LogP contribution in [-0.4, -0.2) is 38.1 Å². The van der Waals surface area contributed by atoms with Crippen molar-refractivity contribution < 1.29 is 4.79 Å². The Hall–Kier alpha value is -0.610. The summed E-state index contributed by atoms with van der Waals surface area (Å²) >= 11 is 0. The minimum atomic E-state index is 0.571. The number of hydrogen-bond donors (Lipinski definition) is 2. The lowest BCUT2D eigenvalue weighted by Gasteiger charge is -2.12. The molecule has 0 aliphatic heterocycles. The molecule has 0 saturated carbocycles. The fraction of sp³-hybridized carbons (Fsp3) is 0.909. The molecule has 0 unspecified atom stereocenters. The van der Waals surface area contributed by atoms with Gasteiger partial charge in [-0.3, -0.25) is 9.69 Å². The molecule has 0 atom stereocenters. The van der Waals surface area contributed by atoms with Gasteiger partial charge in [0.15, 0.2) is 0 Å². The van der Waals surface area contributed by atoms with Gasteiger partial charge in [-0.1, -0.05) is 34.1 Å². The maximum atomic E-state index is 9.77. The van der Waals surface area contributed by atoms with Crippen molar-refractivity contribution in [1.29, 1.82) is 0 Å². The average Bonchev–Trinajstić information content (AvgIpc) is 2.28. The summed E-state index contributed by atoms with van der Waals surface area (Å²) in [5.41, 5.74) is 5.32. The van der Waals surface area contributed by atoms with Crippen molar-refractivity contribution in [3.05, 3.63) is 0 Å². The molecule has 0 rings (SSSR count). The van der Waals surface area contributed by atoms with Crippen LogP contribution in [0.2, 0.25) is 0 Å². The van der Waals surface area contributed by atoms with Crippen molar-refractivity contribution in [1.82, 2.24) is 10.2 Å². The van der Waals surface area contributed by atoms with Gasteiger partial charge in [0.1, 0.15) is 0 Å². The maximum Gasteiger partial charge on any atom is 0.207 e. The van der Waals surface area contributed by atoms with Crippen LogP contribution in [0.1, 0.15) is 40.5 Å². The van der Waals surface area contributed by atoms with Crippen LogP contribution in [0.25, 0.3) is 0 Å². The molecule has 0 aromatic carbocycles. The van der Waals surface area contributed by atoms with Crippen molar-refractivity contribution in [3.8, 4) is 0 Å². The molecule has 0 radical (unpaired) electrons. The first-order valence-corrected chi connectivity index (χ1v) is 5.78. The third-order valence-corrected chi connectivity index (χ3v) is 1.26. The number of nitrogens with two attached hydrogens (primary N) is 1. The van der Waals surface area contributed by atoms with Gasteiger partial charge in [0, 0.05) is 19.8 Å². The normalized spacial score (nSPS) is 8.20. The van der Waals surface area contributed by atoms with Crippen LogP contribution in [-0.2, 0) is 4.79 Å². The molecule has 0 aliphatic rings. The Morgan fingerprint density at radius 3 is 2.13 bits per heavy atom. The summed E-state index contributed by atoms with van der Waals surface area (Å²) < 4.78 is 0. The zero-order valence-electron chi connectivity index (χ0n) is 11.0. The first kappa shape index (κ1) is 19.9. The van der Waals surface area contributed by atoms with Crippen molar-refractivity contribution in [2.24, 2.45) is 5.73 Å². The van der Waals surface area contributed by atoms with Gasteiger partial charge in [-0.25, -0.2) is 0 Å². The fourth-order valence-corrected chi connectivity index (χ4v) is 0.601. The Morgan fingerprint density at radius 1 is 1.33 bits per heavy atom. The highest BCUT2D eigenvalue weighted by Gasteiger charge is 1.91. The van der Waals surface area contributed by atoms with E-state index in [-0.39, 0.29) is 0 Å². The second kappa shape index (κ2) is 23.3. The first-order valence-electron chi connectivity index (χ1n) is 5.78. The average molecular weight is 219 g/mol. The molecule has 0 aliphatic carbocycles. The molecule has 4 heteroatoms. The lowest BCUT2D eigenvalue weighted by atomic mass is 10.4. The summed E-state index contributed by atoms with van der Waals surface area (Å²) in [4.78, 5) is 11.8. The second-order valence-corrected chi connectivity index (χ2v) is 2.89. The highest BCUT2D eigenvalue weighted by Crippen LogP contribution is 1.80. The predicted molar refractivity (Wildman–Crippen MR) is 67.7 cm³/mol. The van der Waals surface area contributed by atoms with Crippen molar-refractivity contribution >= 4 is 6.41 Å². The van der Waals surface area contributed by atoms with Gasteiger partial charge in [-0.15, -0.1) is 0 Å². The largest absolute Gasteiger partial charge is 0.359 e. The van der Waals surface area contributed by atoms with Gasteiger partial charge >= 0.3 is 0 Å². The lowest BCUT2D eigenvalue weighted by molar-refractivity contribution is -0.109. The van der Waals surface area contributed by atoms with E-state index in [9.17, 15) is 4.79 Å². The van der Waals surface area contributed by atoms with Crippen molar-refractivity contribution in [2.75, 3.05) is 26.8 Å².